The first-order chi connectivity index (χ1) is 33.6. The summed E-state index contributed by atoms with van der Waals surface area (Å²) in [6, 6.07) is 0. The van der Waals surface area contributed by atoms with E-state index in [-0.39, 0.29) is 25.2 Å². The Morgan fingerprint density at radius 2 is 0.632 bits per heavy atom. The van der Waals surface area contributed by atoms with E-state index in [4.69, 9.17) is 9.47 Å². The van der Waals surface area contributed by atoms with Crippen LogP contribution in [0.15, 0.2) is 36.5 Å². The molecule has 1 N–H and O–H groups in total. The lowest BCUT2D eigenvalue weighted by molar-refractivity contribution is -0.161. The van der Waals surface area contributed by atoms with E-state index >= 15 is 0 Å². The van der Waals surface area contributed by atoms with Crippen molar-refractivity contribution in [1.29, 1.82) is 0 Å². The first kappa shape index (κ1) is 66.1. The van der Waals surface area contributed by atoms with Gasteiger partial charge < -0.3 is 14.6 Å². The highest BCUT2D eigenvalue weighted by molar-refractivity contribution is 5.70. The van der Waals surface area contributed by atoms with Crippen molar-refractivity contribution in [3.8, 4) is 0 Å². The minimum Gasteiger partial charge on any atom is -0.462 e. The van der Waals surface area contributed by atoms with E-state index in [0.29, 0.717) is 12.8 Å². The lowest BCUT2D eigenvalue weighted by Crippen LogP contribution is -2.28. The van der Waals surface area contributed by atoms with Gasteiger partial charge in [-0.2, -0.15) is 0 Å². The predicted molar refractivity (Wildman–Crippen MR) is 298 cm³/mol. The minimum atomic E-state index is -0.776. The topological polar surface area (TPSA) is 72.8 Å². The molecule has 5 heteroatoms. The molecule has 0 spiro atoms. The summed E-state index contributed by atoms with van der Waals surface area (Å²) >= 11 is 0. The zero-order valence-corrected chi connectivity index (χ0v) is 45.9. The third-order valence-electron chi connectivity index (χ3n) is 13.9. The number of rotatable bonds is 57. The van der Waals surface area contributed by atoms with Gasteiger partial charge in [0, 0.05) is 12.8 Å². The Hall–Kier alpha value is -1.88. The third kappa shape index (κ3) is 56.7. The molecule has 0 rings (SSSR count). The van der Waals surface area contributed by atoms with Crippen molar-refractivity contribution >= 4 is 11.9 Å². The van der Waals surface area contributed by atoms with Gasteiger partial charge in [0.15, 0.2) is 6.10 Å². The number of aliphatic hydroxyl groups excluding tert-OH is 1. The third-order valence-corrected chi connectivity index (χ3v) is 13.9. The fourth-order valence-corrected chi connectivity index (χ4v) is 9.40. The molecule has 0 aromatic rings. The average Bonchev–Trinajstić information content (AvgIpc) is 3.34. The molecule has 1 unspecified atom stereocenters. The van der Waals surface area contributed by atoms with Crippen LogP contribution < -0.4 is 0 Å². The fraction of sp³-hybridized carbons (Fsp3) is 0.873. The zero-order valence-electron chi connectivity index (χ0n) is 45.9. The van der Waals surface area contributed by atoms with Gasteiger partial charge in [-0.05, 0) is 44.9 Å². The Kier molecular flexibility index (Phi) is 57.8. The number of hydrogen-bond acceptors (Lipinski definition) is 5. The van der Waals surface area contributed by atoms with Crippen molar-refractivity contribution in [2.45, 2.75) is 341 Å². The summed E-state index contributed by atoms with van der Waals surface area (Å²) in [4.78, 5) is 24.5. The first-order valence-corrected chi connectivity index (χ1v) is 30.5. The van der Waals surface area contributed by atoms with E-state index in [9.17, 15) is 14.7 Å². The molecule has 0 saturated carbocycles. The van der Waals surface area contributed by atoms with Gasteiger partial charge in [-0.1, -0.05) is 314 Å². The highest BCUT2D eigenvalue weighted by Crippen LogP contribution is 2.18. The molecule has 0 aliphatic heterocycles. The number of carbonyl (C=O) groups excluding carboxylic acids is 2. The normalized spacial score (nSPS) is 12.3. The maximum Gasteiger partial charge on any atom is 0.306 e. The second kappa shape index (κ2) is 59.4. The maximum atomic E-state index is 12.3. The summed E-state index contributed by atoms with van der Waals surface area (Å²) in [5.41, 5.74) is 0. The van der Waals surface area contributed by atoms with E-state index in [1.165, 1.54) is 244 Å². The van der Waals surface area contributed by atoms with Gasteiger partial charge in [0.1, 0.15) is 6.61 Å². The van der Waals surface area contributed by atoms with Crippen molar-refractivity contribution in [3.05, 3.63) is 36.5 Å². The molecule has 0 aliphatic carbocycles. The van der Waals surface area contributed by atoms with E-state index in [0.717, 1.165) is 64.2 Å². The van der Waals surface area contributed by atoms with Crippen molar-refractivity contribution < 1.29 is 24.2 Å². The number of esters is 2. The van der Waals surface area contributed by atoms with Crippen LogP contribution in [0.3, 0.4) is 0 Å². The van der Waals surface area contributed by atoms with Crippen LogP contribution in [-0.2, 0) is 19.1 Å². The fourth-order valence-electron chi connectivity index (χ4n) is 9.40. The Labute approximate surface area is 425 Å². The molecular formula is C63H118O5. The van der Waals surface area contributed by atoms with Crippen LogP contribution in [0, 0.1) is 0 Å². The molecule has 0 bridgehead atoms. The number of unbranched alkanes of at least 4 members (excludes halogenated alkanes) is 43. The lowest BCUT2D eigenvalue weighted by atomic mass is 10.0. The van der Waals surface area contributed by atoms with E-state index < -0.39 is 6.10 Å². The number of aliphatic hydroxyl groups is 1. The smallest absolute Gasteiger partial charge is 0.306 e. The predicted octanol–water partition coefficient (Wildman–Crippen LogP) is 20.6. The molecule has 0 fully saturated rings. The van der Waals surface area contributed by atoms with Crippen molar-refractivity contribution in [2.24, 2.45) is 0 Å². The standard InChI is InChI=1S/C63H118O5/c1-3-5-7-9-11-13-15-17-19-21-22-23-24-25-26-27-28-29-30-31-32-33-34-35-36-37-38-39-40-42-43-45-47-49-51-53-55-57-62(65)67-60-61(59-64)68-63(66)58-56-54-52-50-48-46-44-41-20-18-16-14-12-10-8-6-4-2/h6,8,12,14,18,20,61,64H,3-5,7,9-11,13,15-17,19,21-60H2,1-2H3/b8-6-,14-12-,20-18-. The number of carbonyl (C=O) groups is 2. The average molecular weight is 956 g/mol. The van der Waals surface area contributed by atoms with Crippen molar-refractivity contribution in [2.75, 3.05) is 13.2 Å². The van der Waals surface area contributed by atoms with Gasteiger partial charge in [0.2, 0.25) is 0 Å². The maximum absolute atomic E-state index is 12.3. The second-order valence-corrected chi connectivity index (χ2v) is 20.8. The highest BCUT2D eigenvalue weighted by Gasteiger charge is 2.16. The summed E-state index contributed by atoms with van der Waals surface area (Å²) in [6.45, 7) is 4.07. The lowest BCUT2D eigenvalue weighted by Gasteiger charge is -2.15. The number of allylic oxidation sites excluding steroid dienone is 6. The molecule has 0 radical (unpaired) electrons. The van der Waals surface area contributed by atoms with Gasteiger partial charge in [0.05, 0.1) is 6.61 Å². The number of ether oxygens (including phenoxy) is 2. The van der Waals surface area contributed by atoms with Crippen LogP contribution >= 0.6 is 0 Å². The molecule has 0 heterocycles. The second-order valence-electron chi connectivity index (χ2n) is 20.8. The zero-order chi connectivity index (χ0) is 49.2. The largest absolute Gasteiger partial charge is 0.462 e. The highest BCUT2D eigenvalue weighted by atomic mass is 16.6. The quantitative estimate of drug-likeness (QED) is 0.0374. The summed E-state index contributed by atoms with van der Waals surface area (Å²) in [5, 5.41) is 9.64. The van der Waals surface area contributed by atoms with Crippen LogP contribution in [0.2, 0.25) is 0 Å². The SMILES string of the molecule is CC/C=C\C/C=C\C/C=C\CCCCCCCCCC(=O)OC(CO)COC(=O)CCCCCCCCCCCCCCCCCCCCCCCCCCCCCCCCCCCCCCC. The van der Waals surface area contributed by atoms with Crippen LogP contribution in [0.5, 0.6) is 0 Å². The Balaban J connectivity index is 3.36. The number of hydrogen-bond donors (Lipinski definition) is 1. The van der Waals surface area contributed by atoms with Crippen molar-refractivity contribution in [3.63, 3.8) is 0 Å². The van der Waals surface area contributed by atoms with Gasteiger partial charge in [0.25, 0.3) is 0 Å². The minimum absolute atomic E-state index is 0.0661. The molecule has 0 aliphatic rings. The molecule has 0 amide bonds. The van der Waals surface area contributed by atoms with E-state index in [1.807, 2.05) is 0 Å². The molecule has 0 saturated heterocycles. The van der Waals surface area contributed by atoms with Gasteiger partial charge in [-0.3, -0.25) is 9.59 Å². The van der Waals surface area contributed by atoms with Crippen LogP contribution in [-0.4, -0.2) is 36.4 Å². The monoisotopic (exact) mass is 955 g/mol. The Morgan fingerprint density at radius 3 is 0.956 bits per heavy atom. The Morgan fingerprint density at radius 1 is 0.353 bits per heavy atom. The summed E-state index contributed by atoms with van der Waals surface area (Å²) in [7, 11) is 0. The molecular weight excluding hydrogens is 837 g/mol. The molecule has 5 nitrogen and oxygen atoms in total. The van der Waals surface area contributed by atoms with Gasteiger partial charge in [-0.25, -0.2) is 0 Å². The summed E-state index contributed by atoms with van der Waals surface area (Å²) in [6.07, 6.45) is 77.4. The van der Waals surface area contributed by atoms with E-state index in [1.54, 1.807) is 0 Å². The molecule has 68 heavy (non-hydrogen) atoms. The summed E-state index contributed by atoms with van der Waals surface area (Å²) < 4.78 is 10.7. The van der Waals surface area contributed by atoms with Crippen LogP contribution in [0.1, 0.15) is 335 Å². The van der Waals surface area contributed by atoms with Gasteiger partial charge >= 0.3 is 11.9 Å². The first-order valence-electron chi connectivity index (χ1n) is 30.5. The summed E-state index contributed by atoms with van der Waals surface area (Å²) in [5.74, 6) is -0.587. The Bertz CT molecular complexity index is 1080. The molecule has 400 valence electrons. The van der Waals surface area contributed by atoms with Crippen LogP contribution in [0.25, 0.3) is 0 Å². The van der Waals surface area contributed by atoms with Crippen molar-refractivity contribution in [1.82, 2.24) is 0 Å². The van der Waals surface area contributed by atoms with Crippen LogP contribution in [0.4, 0.5) is 0 Å². The molecule has 1 atom stereocenters. The molecule has 0 aromatic heterocycles. The molecule has 0 aromatic carbocycles. The van der Waals surface area contributed by atoms with Gasteiger partial charge in [-0.15, -0.1) is 0 Å². The van der Waals surface area contributed by atoms with E-state index in [2.05, 4.69) is 50.3 Å².